The molecule has 0 saturated heterocycles. The summed E-state index contributed by atoms with van der Waals surface area (Å²) in [5.41, 5.74) is 0. The van der Waals surface area contributed by atoms with E-state index in [1.807, 2.05) is 0 Å². The zero-order chi connectivity index (χ0) is 13.0. The van der Waals surface area contributed by atoms with Crippen LogP contribution in [0.5, 0.6) is 0 Å². The number of hydrogen-bond acceptors (Lipinski definition) is 5. The number of carbonyl (C=O) groups excluding carboxylic acids is 3. The molecular formula is C11H16O5. The van der Waals surface area contributed by atoms with Crippen molar-refractivity contribution >= 4 is 17.7 Å². The fourth-order valence-electron chi connectivity index (χ4n) is 0.524. The van der Waals surface area contributed by atoms with Gasteiger partial charge < -0.3 is 9.47 Å². The molecule has 5 nitrogen and oxygen atoms in total. The molecule has 0 amide bonds. The Morgan fingerprint density at radius 2 is 1.75 bits per heavy atom. The monoisotopic (exact) mass is 228 g/mol. The van der Waals surface area contributed by atoms with Gasteiger partial charge in [-0.05, 0) is 6.92 Å². The Balaban J connectivity index is 0. The minimum atomic E-state index is -0.493. The van der Waals surface area contributed by atoms with E-state index in [2.05, 4.69) is 22.6 Å². The van der Waals surface area contributed by atoms with E-state index in [1.165, 1.54) is 19.9 Å². The van der Waals surface area contributed by atoms with Crippen molar-refractivity contribution in [1.82, 2.24) is 0 Å². The molecule has 0 atom stereocenters. The maximum absolute atomic E-state index is 10.5. The molecule has 0 saturated carbocycles. The Kier molecular flexibility index (Phi) is 11.5. The Morgan fingerprint density at radius 1 is 1.19 bits per heavy atom. The molecule has 90 valence electrons. The van der Waals surface area contributed by atoms with E-state index < -0.39 is 5.97 Å². The van der Waals surface area contributed by atoms with Gasteiger partial charge in [-0.1, -0.05) is 19.2 Å². The molecule has 0 aromatic carbocycles. The lowest BCUT2D eigenvalue weighted by molar-refractivity contribution is -0.144. The molecule has 0 bridgehead atoms. The van der Waals surface area contributed by atoms with Crippen LogP contribution in [-0.4, -0.2) is 24.3 Å². The Hall–Kier alpha value is -1.91. The van der Waals surface area contributed by atoms with Crippen molar-refractivity contribution in [2.24, 2.45) is 0 Å². The molecule has 0 heterocycles. The number of carbonyl (C=O) groups is 3. The second kappa shape index (κ2) is 11.2. The van der Waals surface area contributed by atoms with Crippen LogP contribution in [0.25, 0.3) is 0 Å². The van der Waals surface area contributed by atoms with Crippen molar-refractivity contribution in [3.05, 3.63) is 25.5 Å². The fourth-order valence-corrected chi connectivity index (χ4v) is 0.524. The third-order valence-corrected chi connectivity index (χ3v) is 1.00. The average Bonchev–Trinajstić information content (AvgIpc) is 2.14. The SMILES string of the molecule is C=CCOC(=O)CC(C)=O.C=COC(C)=O. The van der Waals surface area contributed by atoms with Crippen LogP contribution >= 0.6 is 0 Å². The molecule has 0 aliphatic carbocycles. The second-order valence-corrected chi connectivity index (χ2v) is 2.63. The zero-order valence-electron chi connectivity index (χ0n) is 9.52. The van der Waals surface area contributed by atoms with Gasteiger partial charge in [0.15, 0.2) is 0 Å². The predicted octanol–water partition coefficient (Wildman–Crippen LogP) is 1.39. The lowest BCUT2D eigenvalue weighted by Gasteiger charge is -1.96. The van der Waals surface area contributed by atoms with Gasteiger partial charge in [-0.2, -0.15) is 0 Å². The summed E-state index contributed by atoms with van der Waals surface area (Å²) in [6.45, 7) is 9.34. The van der Waals surface area contributed by atoms with E-state index >= 15 is 0 Å². The van der Waals surface area contributed by atoms with Gasteiger partial charge in [0, 0.05) is 6.92 Å². The van der Waals surface area contributed by atoms with Crippen LogP contribution in [0.1, 0.15) is 20.3 Å². The topological polar surface area (TPSA) is 69.7 Å². The van der Waals surface area contributed by atoms with E-state index in [4.69, 9.17) is 0 Å². The minimum absolute atomic E-state index is 0.145. The number of ketones is 1. The molecule has 0 aromatic rings. The summed E-state index contributed by atoms with van der Waals surface area (Å²) in [5.74, 6) is -1.01. The Morgan fingerprint density at radius 3 is 2.00 bits per heavy atom. The largest absolute Gasteiger partial charge is 0.461 e. The van der Waals surface area contributed by atoms with Gasteiger partial charge in [-0.3, -0.25) is 14.4 Å². The van der Waals surface area contributed by atoms with Crippen LogP contribution in [0.4, 0.5) is 0 Å². The summed E-state index contributed by atoms with van der Waals surface area (Å²) in [6.07, 6.45) is 2.41. The van der Waals surface area contributed by atoms with Gasteiger partial charge in [0.1, 0.15) is 18.8 Å². The van der Waals surface area contributed by atoms with Crippen LogP contribution in [-0.2, 0) is 23.9 Å². The van der Waals surface area contributed by atoms with Gasteiger partial charge >= 0.3 is 11.9 Å². The van der Waals surface area contributed by atoms with Crippen molar-refractivity contribution in [3.63, 3.8) is 0 Å². The number of Topliss-reactive ketones (excluding diaryl/α,β-unsaturated/α-hetero) is 1. The highest BCUT2D eigenvalue weighted by atomic mass is 16.5. The summed E-state index contributed by atoms with van der Waals surface area (Å²) in [5, 5.41) is 0. The first-order chi connectivity index (χ1) is 7.43. The standard InChI is InChI=1S/C7H10O3.C4H6O2/c1-3-4-10-7(9)5-6(2)8;1-3-6-4(2)5/h3H,1,4-5H2,2H3;3H,1H2,2H3. The van der Waals surface area contributed by atoms with E-state index in [-0.39, 0.29) is 24.8 Å². The van der Waals surface area contributed by atoms with Gasteiger partial charge in [0.05, 0.1) is 6.26 Å². The lowest BCUT2D eigenvalue weighted by Crippen LogP contribution is -2.08. The summed E-state index contributed by atoms with van der Waals surface area (Å²) in [7, 11) is 0. The average molecular weight is 228 g/mol. The van der Waals surface area contributed by atoms with Crippen molar-refractivity contribution < 1.29 is 23.9 Å². The third-order valence-electron chi connectivity index (χ3n) is 1.00. The summed E-state index contributed by atoms with van der Waals surface area (Å²) >= 11 is 0. The molecule has 16 heavy (non-hydrogen) atoms. The van der Waals surface area contributed by atoms with E-state index in [0.717, 1.165) is 6.26 Å². The fraction of sp³-hybridized carbons (Fsp3) is 0.364. The molecule has 0 fully saturated rings. The molecule has 5 heteroatoms. The second-order valence-electron chi connectivity index (χ2n) is 2.63. The highest BCUT2D eigenvalue weighted by molar-refractivity contribution is 5.94. The van der Waals surface area contributed by atoms with Gasteiger partial charge in [-0.15, -0.1) is 0 Å². The van der Waals surface area contributed by atoms with Crippen molar-refractivity contribution in [2.75, 3.05) is 6.61 Å². The van der Waals surface area contributed by atoms with Crippen LogP contribution in [0.3, 0.4) is 0 Å². The molecule has 0 rings (SSSR count). The molecule has 0 spiro atoms. The lowest BCUT2D eigenvalue weighted by atomic mass is 10.3. The maximum atomic E-state index is 10.5. The quantitative estimate of drug-likeness (QED) is 0.308. The molecular weight excluding hydrogens is 212 g/mol. The number of rotatable bonds is 5. The van der Waals surface area contributed by atoms with Crippen molar-refractivity contribution in [2.45, 2.75) is 20.3 Å². The zero-order valence-corrected chi connectivity index (χ0v) is 9.52. The number of esters is 2. The summed E-state index contributed by atoms with van der Waals surface area (Å²) in [6, 6.07) is 0. The van der Waals surface area contributed by atoms with Crippen molar-refractivity contribution in [3.8, 4) is 0 Å². The highest BCUT2D eigenvalue weighted by Gasteiger charge is 2.03. The van der Waals surface area contributed by atoms with Crippen LogP contribution in [0, 0.1) is 0 Å². The molecule has 0 aliphatic heterocycles. The van der Waals surface area contributed by atoms with Crippen molar-refractivity contribution in [1.29, 1.82) is 0 Å². The summed E-state index contributed by atoms with van der Waals surface area (Å²) in [4.78, 5) is 30.6. The van der Waals surface area contributed by atoms with Gasteiger partial charge in [0.2, 0.25) is 0 Å². The van der Waals surface area contributed by atoms with E-state index in [9.17, 15) is 14.4 Å². The Bertz CT molecular complexity index is 268. The van der Waals surface area contributed by atoms with Crippen LogP contribution < -0.4 is 0 Å². The molecule has 0 aliphatic rings. The van der Waals surface area contributed by atoms with Crippen LogP contribution in [0.15, 0.2) is 25.5 Å². The maximum Gasteiger partial charge on any atom is 0.313 e. The first-order valence-electron chi connectivity index (χ1n) is 4.48. The molecule has 0 radical (unpaired) electrons. The number of ether oxygens (including phenoxy) is 2. The van der Waals surface area contributed by atoms with Gasteiger partial charge in [-0.25, -0.2) is 0 Å². The highest BCUT2D eigenvalue weighted by Crippen LogP contribution is 1.87. The molecule has 0 N–H and O–H groups in total. The minimum Gasteiger partial charge on any atom is -0.461 e. The third kappa shape index (κ3) is 18.0. The first kappa shape index (κ1) is 16.5. The van der Waals surface area contributed by atoms with E-state index in [0.29, 0.717) is 0 Å². The smallest absolute Gasteiger partial charge is 0.313 e. The van der Waals surface area contributed by atoms with E-state index in [1.54, 1.807) is 0 Å². The first-order valence-corrected chi connectivity index (χ1v) is 4.48. The molecule has 0 unspecified atom stereocenters. The Labute approximate surface area is 94.7 Å². The number of hydrogen-bond donors (Lipinski definition) is 0. The van der Waals surface area contributed by atoms with Gasteiger partial charge in [0.25, 0.3) is 0 Å². The predicted molar refractivity (Wildman–Crippen MR) is 58.4 cm³/mol. The normalized spacial score (nSPS) is 7.88. The molecule has 0 aromatic heterocycles. The van der Waals surface area contributed by atoms with Crippen LogP contribution in [0.2, 0.25) is 0 Å². The summed E-state index contributed by atoms with van der Waals surface area (Å²) < 4.78 is 8.69.